The highest BCUT2D eigenvalue weighted by atomic mass is 127. The molecule has 0 aromatic rings. The van der Waals surface area contributed by atoms with E-state index < -0.39 is 0 Å². The molecule has 0 saturated heterocycles. The van der Waals surface area contributed by atoms with Gasteiger partial charge in [-0.25, -0.2) is 0 Å². The van der Waals surface area contributed by atoms with Crippen LogP contribution in [0.5, 0.6) is 0 Å². The Kier molecular flexibility index (Phi) is 15.0. The van der Waals surface area contributed by atoms with Gasteiger partial charge < -0.3 is 9.53 Å². The second-order valence-corrected chi connectivity index (χ2v) is 2.67. The first-order valence-electron chi connectivity index (χ1n) is 2.67. The summed E-state index contributed by atoms with van der Waals surface area (Å²) < 4.78 is 5.78. The zero-order chi connectivity index (χ0) is 7.70. The van der Waals surface area contributed by atoms with Gasteiger partial charge in [0.1, 0.15) is 5.78 Å². The first-order chi connectivity index (χ1) is 4.15. The third-order valence-corrected chi connectivity index (χ3v) is 0.722. The molecule has 0 aliphatic carbocycles. The van der Waals surface area contributed by atoms with E-state index in [0.29, 0.717) is 0 Å². The standard InChI is InChI=1S/C3H7IO.C3H6O/c1-5-3-2-4;1-3(2)4/h2-3H2,1H3;1-2H3. The summed E-state index contributed by atoms with van der Waals surface area (Å²) in [4.78, 5) is 9.44. The number of carbonyl (C=O) groups excluding carboxylic acids is 1. The van der Waals surface area contributed by atoms with E-state index in [9.17, 15) is 4.79 Å². The molecule has 0 heterocycles. The molecule has 56 valence electrons. The number of ether oxygens (including phenoxy) is 1. The van der Waals surface area contributed by atoms with Gasteiger partial charge in [0.15, 0.2) is 0 Å². The first kappa shape index (κ1) is 12.1. The van der Waals surface area contributed by atoms with Gasteiger partial charge in [-0.3, -0.25) is 0 Å². The molecule has 9 heavy (non-hydrogen) atoms. The number of ketones is 1. The van der Waals surface area contributed by atoms with Gasteiger partial charge in [0.25, 0.3) is 0 Å². The Morgan fingerprint density at radius 1 is 1.56 bits per heavy atom. The fraction of sp³-hybridized carbons (Fsp3) is 0.833. The quantitative estimate of drug-likeness (QED) is 0.545. The predicted octanol–water partition coefficient (Wildman–Crippen LogP) is 1.66. The highest BCUT2D eigenvalue weighted by Crippen LogP contribution is 1.76. The molecule has 0 radical (unpaired) electrons. The van der Waals surface area contributed by atoms with Crippen LogP contribution < -0.4 is 0 Å². The number of alkyl halides is 1. The molecule has 0 aliphatic rings. The maximum atomic E-state index is 9.44. The van der Waals surface area contributed by atoms with Gasteiger partial charge in [0.2, 0.25) is 0 Å². The zero-order valence-electron chi connectivity index (χ0n) is 6.11. The van der Waals surface area contributed by atoms with Crippen molar-refractivity contribution in [2.24, 2.45) is 0 Å². The number of methoxy groups -OCH3 is 1. The maximum absolute atomic E-state index is 9.44. The Hall–Kier alpha value is 0.360. The molecule has 0 unspecified atom stereocenters. The molecule has 0 spiro atoms. The molecule has 0 amide bonds. The molecular formula is C6H13IO2. The molecule has 0 rings (SSSR count). The number of hydrogen-bond acceptors (Lipinski definition) is 2. The van der Waals surface area contributed by atoms with Gasteiger partial charge in [-0.15, -0.1) is 0 Å². The Labute approximate surface area is 70.1 Å². The monoisotopic (exact) mass is 244 g/mol. The minimum atomic E-state index is 0.167. The van der Waals surface area contributed by atoms with Crippen LogP contribution in [-0.2, 0) is 9.53 Å². The molecule has 2 nitrogen and oxygen atoms in total. The molecule has 0 aromatic heterocycles. The highest BCUT2D eigenvalue weighted by molar-refractivity contribution is 14.1. The lowest BCUT2D eigenvalue weighted by molar-refractivity contribution is -0.114. The summed E-state index contributed by atoms with van der Waals surface area (Å²) in [5, 5.41) is 0. The van der Waals surface area contributed by atoms with E-state index in [4.69, 9.17) is 0 Å². The van der Waals surface area contributed by atoms with Crippen LogP contribution in [0.2, 0.25) is 0 Å². The topological polar surface area (TPSA) is 26.3 Å². The molecule has 0 aromatic carbocycles. The second kappa shape index (κ2) is 11.2. The number of rotatable bonds is 2. The van der Waals surface area contributed by atoms with Gasteiger partial charge in [-0.05, 0) is 13.8 Å². The number of carbonyl (C=O) groups is 1. The smallest absolute Gasteiger partial charge is 0.126 e. The van der Waals surface area contributed by atoms with Crippen molar-refractivity contribution in [1.29, 1.82) is 0 Å². The third-order valence-electron chi connectivity index (χ3n) is 0.281. The number of Topliss-reactive ketones (excluding diaryl/α,β-unsaturated/α-hetero) is 1. The lowest BCUT2D eigenvalue weighted by atomic mass is 10.6. The molecule has 0 N–H and O–H groups in total. The molecule has 3 heteroatoms. The average molecular weight is 244 g/mol. The molecule has 0 saturated carbocycles. The number of hydrogen-bond donors (Lipinski definition) is 0. The van der Waals surface area contributed by atoms with Crippen molar-refractivity contribution in [1.82, 2.24) is 0 Å². The third kappa shape index (κ3) is 60.7. The molecular weight excluding hydrogens is 231 g/mol. The Morgan fingerprint density at radius 2 is 1.89 bits per heavy atom. The summed E-state index contributed by atoms with van der Waals surface area (Å²) in [6.45, 7) is 3.93. The van der Waals surface area contributed by atoms with Crippen LogP contribution in [0.1, 0.15) is 13.8 Å². The summed E-state index contributed by atoms with van der Waals surface area (Å²) >= 11 is 2.26. The molecule has 0 bridgehead atoms. The van der Waals surface area contributed by atoms with Gasteiger partial charge in [-0.1, -0.05) is 22.6 Å². The Bertz CT molecular complexity index is 58.1. The van der Waals surface area contributed by atoms with Crippen LogP contribution in [0.15, 0.2) is 0 Å². The van der Waals surface area contributed by atoms with Gasteiger partial charge in [-0.2, -0.15) is 0 Å². The van der Waals surface area contributed by atoms with Crippen molar-refractivity contribution < 1.29 is 9.53 Å². The highest BCUT2D eigenvalue weighted by Gasteiger charge is 1.67. The van der Waals surface area contributed by atoms with Crippen molar-refractivity contribution >= 4 is 28.4 Å². The van der Waals surface area contributed by atoms with E-state index in [2.05, 4.69) is 27.3 Å². The van der Waals surface area contributed by atoms with Crippen LogP contribution >= 0.6 is 22.6 Å². The second-order valence-electron chi connectivity index (χ2n) is 1.59. The minimum absolute atomic E-state index is 0.167. The Morgan fingerprint density at radius 3 is 1.89 bits per heavy atom. The van der Waals surface area contributed by atoms with Gasteiger partial charge in [0, 0.05) is 11.5 Å². The lowest BCUT2D eigenvalue weighted by Gasteiger charge is -1.83. The minimum Gasteiger partial charge on any atom is -0.384 e. The lowest BCUT2D eigenvalue weighted by Crippen LogP contribution is -1.84. The SMILES string of the molecule is CC(C)=O.COCCI. The summed E-state index contributed by atoms with van der Waals surface area (Å²) in [7, 11) is 1.71. The van der Waals surface area contributed by atoms with E-state index in [0.717, 1.165) is 11.0 Å². The van der Waals surface area contributed by atoms with E-state index in [1.807, 2.05) is 0 Å². The fourth-order valence-electron chi connectivity index (χ4n) is 0.0772. The van der Waals surface area contributed by atoms with Crippen LogP contribution in [-0.4, -0.2) is 23.9 Å². The maximum Gasteiger partial charge on any atom is 0.126 e. The summed E-state index contributed by atoms with van der Waals surface area (Å²) in [5.41, 5.74) is 0. The molecule has 0 fully saturated rings. The average Bonchev–Trinajstić information content (AvgIpc) is 1.66. The van der Waals surface area contributed by atoms with Crippen molar-refractivity contribution in [2.75, 3.05) is 18.1 Å². The molecule has 0 atom stereocenters. The van der Waals surface area contributed by atoms with Gasteiger partial charge >= 0.3 is 0 Å². The van der Waals surface area contributed by atoms with E-state index >= 15 is 0 Å². The fourth-order valence-corrected chi connectivity index (χ4v) is 0.518. The first-order valence-corrected chi connectivity index (χ1v) is 4.19. The normalized spacial score (nSPS) is 7.56. The molecule has 0 aliphatic heterocycles. The van der Waals surface area contributed by atoms with Crippen LogP contribution in [0.3, 0.4) is 0 Å². The van der Waals surface area contributed by atoms with E-state index in [-0.39, 0.29) is 5.78 Å². The van der Waals surface area contributed by atoms with Gasteiger partial charge in [0.05, 0.1) is 6.61 Å². The predicted molar refractivity (Wildman–Crippen MR) is 47.1 cm³/mol. The zero-order valence-corrected chi connectivity index (χ0v) is 8.27. The van der Waals surface area contributed by atoms with Crippen LogP contribution in [0.4, 0.5) is 0 Å². The van der Waals surface area contributed by atoms with E-state index in [1.165, 1.54) is 13.8 Å². The van der Waals surface area contributed by atoms with Crippen molar-refractivity contribution in [3.8, 4) is 0 Å². The summed E-state index contributed by atoms with van der Waals surface area (Å²) in [6.07, 6.45) is 0. The van der Waals surface area contributed by atoms with Crippen molar-refractivity contribution in [3.05, 3.63) is 0 Å². The van der Waals surface area contributed by atoms with Crippen LogP contribution in [0, 0.1) is 0 Å². The summed E-state index contributed by atoms with van der Waals surface area (Å²) in [5.74, 6) is 0.167. The van der Waals surface area contributed by atoms with Crippen molar-refractivity contribution in [2.45, 2.75) is 13.8 Å². The van der Waals surface area contributed by atoms with E-state index in [1.54, 1.807) is 7.11 Å². The van der Waals surface area contributed by atoms with Crippen LogP contribution in [0.25, 0.3) is 0 Å². The van der Waals surface area contributed by atoms with Crippen molar-refractivity contribution in [3.63, 3.8) is 0 Å². The Balaban J connectivity index is 0. The summed E-state index contributed by atoms with van der Waals surface area (Å²) in [6, 6.07) is 0. The number of halogens is 1. The largest absolute Gasteiger partial charge is 0.384 e.